The molecule has 18 nitrogen and oxygen atoms in total. The lowest BCUT2D eigenvalue weighted by Gasteiger charge is -2.46. The number of nitrogens with two attached hydrogens (primary N) is 5. The van der Waals surface area contributed by atoms with Gasteiger partial charge in [0, 0.05) is 31.7 Å². The number of ether oxygens (including phenoxy) is 6. The third-order valence-electron chi connectivity index (χ3n) is 9.05. The van der Waals surface area contributed by atoms with E-state index in [4.69, 9.17) is 57.1 Å². The van der Waals surface area contributed by atoms with Crippen molar-refractivity contribution in [3.8, 4) is 0 Å². The third-order valence-corrected chi connectivity index (χ3v) is 9.05. The van der Waals surface area contributed by atoms with Gasteiger partial charge < -0.3 is 92.8 Å². The van der Waals surface area contributed by atoms with Crippen molar-refractivity contribution < 1.29 is 64.2 Å². The maximum Gasteiger partial charge on any atom is 0.215 e. The Hall–Kier alpha value is -1.14. The predicted octanol–water partition coefficient (Wildman–Crippen LogP) is -6.43. The average molecular weight is 654 g/mol. The fourth-order valence-corrected chi connectivity index (χ4v) is 6.33. The van der Waals surface area contributed by atoms with Crippen LogP contribution in [-0.4, -0.2) is 161 Å². The van der Waals surface area contributed by atoms with Gasteiger partial charge in [0.25, 0.3) is 0 Å². The first-order valence-electron chi connectivity index (χ1n) is 15.3. The standard InChI is InChI=1S/C27H51N5O13/c28-5-12-1-2-13(30)25(40-12)43-22-14(31)4-11(3-10(7-33)8-34)18(36)24(22)45-27-21(39)23(16(9-35)42-27)44-26-17(32)20(38)19(37)15(6-29)41-26/h1,10-11,13-27,33-39H,2-9,28-32H2/t11-,13-,14+,15+,16-,17-,18+,19-,20-,21-,22-,23-,24-,25-,26-,27+/m1/s1. The number of aliphatic hydroxyl groups excluding tert-OH is 7. The van der Waals surface area contributed by atoms with Gasteiger partial charge in [-0.15, -0.1) is 0 Å². The minimum Gasteiger partial charge on any atom is -0.467 e. The van der Waals surface area contributed by atoms with Crippen LogP contribution in [0.1, 0.15) is 19.3 Å². The van der Waals surface area contributed by atoms with Gasteiger partial charge in [0.15, 0.2) is 12.6 Å². The van der Waals surface area contributed by atoms with E-state index in [-0.39, 0.29) is 39.1 Å². The van der Waals surface area contributed by atoms with E-state index in [1.54, 1.807) is 6.08 Å². The van der Waals surface area contributed by atoms with Crippen molar-refractivity contribution in [2.75, 3.05) is 32.9 Å². The van der Waals surface area contributed by atoms with Crippen molar-refractivity contribution in [3.05, 3.63) is 11.8 Å². The Morgan fingerprint density at radius 1 is 0.756 bits per heavy atom. The highest BCUT2D eigenvalue weighted by molar-refractivity contribution is 5.04. The highest BCUT2D eigenvalue weighted by Crippen LogP contribution is 2.37. The number of hydrogen-bond donors (Lipinski definition) is 12. The number of rotatable bonds is 13. The van der Waals surface area contributed by atoms with E-state index >= 15 is 0 Å². The molecule has 3 aliphatic heterocycles. The quantitative estimate of drug-likeness (QED) is 0.0879. The summed E-state index contributed by atoms with van der Waals surface area (Å²) in [6, 6.07) is -2.57. The van der Waals surface area contributed by atoms with Crippen LogP contribution in [0.4, 0.5) is 0 Å². The van der Waals surface area contributed by atoms with Gasteiger partial charge in [-0.05, 0) is 31.3 Å². The zero-order chi connectivity index (χ0) is 33.0. The minimum absolute atomic E-state index is 0.111. The molecule has 1 aliphatic carbocycles. The molecule has 0 amide bonds. The van der Waals surface area contributed by atoms with Crippen molar-refractivity contribution in [1.82, 2.24) is 0 Å². The molecule has 1 saturated carbocycles. The fourth-order valence-electron chi connectivity index (χ4n) is 6.33. The molecule has 17 N–H and O–H groups in total. The van der Waals surface area contributed by atoms with E-state index in [1.165, 1.54) is 0 Å². The first-order valence-corrected chi connectivity index (χ1v) is 15.3. The van der Waals surface area contributed by atoms with E-state index < -0.39 is 110 Å². The van der Waals surface area contributed by atoms with Gasteiger partial charge in [-0.1, -0.05) is 0 Å². The van der Waals surface area contributed by atoms with Gasteiger partial charge in [0.2, 0.25) is 6.29 Å². The summed E-state index contributed by atoms with van der Waals surface area (Å²) in [5, 5.41) is 72.8. The Bertz CT molecular complexity index is 951. The second-order valence-corrected chi connectivity index (χ2v) is 12.2. The summed E-state index contributed by atoms with van der Waals surface area (Å²) in [5.74, 6) is -0.615. The molecule has 0 radical (unpaired) electrons. The molecule has 18 heteroatoms. The van der Waals surface area contributed by atoms with Crippen LogP contribution in [0.2, 0.25) is 0 Å². The molecule has 0 spiro atoms. The molecule has 16 atom stereocenters. The number of hydrogen-bond acceptors (Lipinski definition) is 18. The smallest absolute Gasteiger partial charge is 0.215 e. The van der Waals surface area contributed by atoms with Gasteiger partial charge in [0.1, 0.15) is 54.6 Å². The maximum absolute atomic E-state index is 11.5. The van der Waals surface area contributed by atoms with Crippen molar-refractivity contribution in [2.24, 2.45) is 40.5 Å². The Labute approximate surface area is 260 Å². The van der Waals surface area contributed by atoms with E-state index in [9.17, 15) is 35.7 Å². The van der Waals surface area contributed by atoms with Crippen LogP contribution in [0.25, 0.3) is 0 Å². The topological polar surface area (TPSA) is 327 Å². The Morgan fingerprint density at radius 3 is 2.02 bits per heavy atom. The van der Waals surface area contributed by atoms with Gasteiger partial charge in [-0.25, -0.2) is 0 Å². The molecule has 3 heterocycles. The van der Waals surface area contributed by atoms with E-state index in [2.05, 4.69) is 0 Å². The van der Waals surface area contributed by atoms with Crippen molar-refractivity contribution in [3.63, 3.8) is 0 Å². The summed E-state index contributed by atoms with van der Waals surface area (Å²) in [4.78, 5) is 0. The van der Waals surface area contributed by atoms with Crippen LogP contribution < -0.4 is 28.7 Å². The zero-order valence-corrected chi connectivity index (χ0v) is 25.0. The molecule has 4 aliphatic rings. The van der Waals surface area contributed by atoms with Crippen LogP contribution in [0.15, 0.2) is 11.8 Å². The molecule has 0 aromatic heterocycles. The van der Waals surface area contributed by atoms with Crippen molar-refractivity contribution in [2.45, 2.75) is 111 Å². The minimum atomic E-state index is -1.58. The highest BCUT2D eigenvalue weighted by Gasteiger charge is 2.54. The molecule has 0 bridgehead atoms. The summed E-state index contributed by atoms with van der Waals surface area (Å²) < 4.78 is 35.5. The van der Waals surface area contributed by atoms with Gasteiger partial charge in [0.05, 0.1) is 31.3 Å². The van der Waals surface area contributed by atoms with E-state index in [0.717, 1.165) is 0 Å². The Kier molecular flexibility index (Phi) is 13.3. The first-order chi connectivity index (χ1) is 21.5. The monoisotopic (exact) mass is 653 g/mol. The maximum atomic E-state index is 11.5. The molecule has 45 heavy (non-hydrogen) atoms. The molecule has 0 aromatic carbocycles. The molecule has 2 saturated heterocycles. The van der Waals surface area contributed by atoms with Crippen LogP contribution in [0.5, 0.6) is 0 Å². The Balaban J connectivity index is 1.54. The number of aliphatic hydroxyl groups is 7. The molecule has 3 fully saturated rings. The highest BCUT2D eigenvalue weighted by atomic mass is 16.8. The average Bonchev–Trinajstić information content (AvgIpc) is 3.33. The molecule has 262 valence electrons. The fraction of sp³-hybridized carbons (Fsp3) is 0.926. The van der Waals surface area contributed by atoms with Crippen molar-refractivity contribution >= 4 is 0 Å². The summed E-state index contributed by atoms with van der Waals surface area (Å²) >= 11 is 0. The lowest BCUT2D eigenvalue weighted by Crippen LogP contribution is -2.64. The molecule has 0 unspecified atom stereocenters. The van der Waals surface area contributed by atoms with Crippen LogP contribution in [-0.2, 0) is 28.4 Å². The first kappa shape index (κ1) is 36.7. The molecule has 4 rings (SSSR count). The lowest BCUT2D eigenvalue weighted by atomic mass is 9.75. The zero-order valence-electron chi connectivity index (χ0n) is 25.0. The largest absolute Gasteiger partial charge is 0.467 e. The third kappa shape index (κ3) is 8.12. The SMILES string of the molecule is NCC1=CC[C@@H](N)[C@@H](O[C@H]2[C@H](O[C@@H]3O[C@H](CO)[C@@H](O[C@H]4O[C@@H](CN)[C@@H](O)[C@H](O)[C@H]4N)[C@H]3O)[C@@H](O)[C@H](CC(CO)CO)C[C@@H]2N)O1. The van der Waals surface area contributed by atoms with Crippen LogP contribution in [0.3, 0.4) is 0 Å². The van der Waals surface area contributed by atoms with E-state index in [1.807, 2.05) is 0 Å². The predicted molar refractivity (Wildman–Crippen MR) is 153 cm³/mol. The summed E-state index contributed by atoms with van der Waals surface area (Å²) in [6.45, 7) is -1.30. The second kappa shape index (κ2) is 16.3. The molecule has 0 aromatic rings. The summed E-state index contributed by atoms with van der Waals surface area (Å²) in [6.07, 6.45) is -12.6. The molecular formula is C27H51N5O13. The van der Waals surface area contributed by atoms with Crippen LogP contribution >= 0.6 is 0 Å². The van der Waals surface area contributed by atoms with E-state index in [0.29, 0.717) is 12.2 Å². The summed E-state index contributed by atoms with van der Waals surface area (Å²) in [7, 11) is 0. The van der Waals surface area contributed by atoms with Crippen molar-refractivity contribution in [1.29, 1.82) is 0 Å². The second-order valence-electron chi connectivity index (χ2n) is 12.2. The van der Waals surface area contributed by atoms with Crippen LogP contribution in [0, 0.1) is 11.8 Å². The lowest BCUT2D eigenvalue weighted by molar-refractivity contribution is -0.283. The normalized spacial score (nSPS) is 45.8. The Morgan fingerprint density at radius 2 is 1.40 bits per heavy atom. The summed E-state index contributed by atoms with van der Waals surface area (Å²) in [5.41, 5.74) is 30.2. The molecular weight excluding hydrogens is 602 g/mol. The van der Waals surface area contributed by atoms with Gasteiger partial charge >= 0.3 is 0 Å². The van der Waals surface area contributed by atoms with Gasteiger partial charge in [-0.3, -0.25) is 0 Å². The van der Waals surface area contributed by atoms with Gasteiger partial charge in [-0.2, -0.15) is 0 Å².